The molecule has 0 atom stereocenters. The fraction of sp³-hybridized carbons (Fsp3) is 0.188. The van der Waals surface area contributed by atoms with E-state index in [1.807, 2.05) is 24.3 Å². The van der Waals surface area contributed by atoms with Gasteiger partial charge in [-0.25, -0.2) is 13.6 Å². The third-order valence-corrected chi connectivity index (χ3v) is 3.61. The number of rotatable bonds is 1. The summed E-state index contributed by atoms with van der Waals surface area (Å²) in [7, 11) is 0. The highest BCUT2D eigenvalue weighted by Crippen LogP contribution is 2.22. The number of amides is 2. The van der Waals surface area contributed by atoms with Gasteiger partial charge in [0.1, 0.15) is 17.3 Å². The van der Waals surface area contributed by atoms with Gasteiger partial charge in [-0.15, -0.1) is 0 Å². The molecule has 1 aliphatic heterocycles. The van der Waals surface area contributed by atoms with E-state index in [0.717, 1.165) is 24.1 Å². The van der Waals surface area contributed by atoms with E-state index in [1.54, 1.807) is 4.90 Å². The van der Waals surface area contributed by atoms with Crippen LogP contribution in [0.5, 0.6) is 0 Å². The highest BCUT2D eigenvalue weighted by Gasteiger charge is 2.22. The molecule has 0 aliphatic carbocycles. The molecule has 0 saturated carbocycles. The quantitative estimate of drug-likeness (QED) is 0.855. The summed E-state index contributed by atoms with van der Waals surface area (Å²) in [6.07, 6.45) is 0.739. The molecule has 1 heterocycles. The van der Waals surface area contributed by atoms with Crippen molar-refractivity contribution in [2.24, 2.45) is 0 Å². The minimum absolute atomic E-state index is 0.402. The van der Waals surface area contributed by atoms with Crippen LogP contribution in [0.3, 0.4) is 0 Å². The zero-order valence-electron chi connectivity index (χ0n) is 11.3. The summed E-state index contributed by atoms with van der Waals surface area (Å²) in [5, 5.41) is 2.32. The minimum atomic E-state index is -0.777. The molecule has 0 bridgehead atoms. The third-order valence-electron chi connectivity index (χ3n) is 3.61. The Kier molecular flexibility index (Phi) is 3.56. The van der Waals surface area contributed by atoms with Gasteiger partial charge in [0.15, 0.2) is 0 Å². The Morgan fingerprint density at radius 3 is 2.38 bits per heavy atom. The Hall–Kier alpha value is -2.43. The predicted molar refractivity (Wildman–Crippen MR) is 75.9 cm³/mol. The number of hydrogen-bond acceptors (Lipinski definition) is 1. The number of nitrogens with one attached hydrogen (secondary N) is 1. The normalized spacial score (nSPS) is 13.7. The van der Waals surface area contributed by atoms with Crippen LogP contribution in [0, 0.1) is 11.6 Å². The summed E-state index contributed by atoms with van der Waals surface area (Å²) in [6.45, 7) is 0.969. The number of nitrogens with zero attached hydrogens (tertiary/aromatic N) is 1. The van der Waals surface area contributed by atoms with Crippen LogP contribution in [0.25, 0.3) is 0 Å². The van der Waals surface area contributed by atoms with Crippen LogP contribution in [0.4, 0.5) is 19.3 Å². The molecule has 21 heavy (non-hydrogen) atoms. The Morgan fingerprint density at radius 2 is 1.67 bits per heavy atom. The first-order valence-corrected chi connectivity index (χ1v) is 6.72. The summed E-state index contributed by atoms with van der Waals surface area (Å²) in [5.74, 6) is -1.55. The summed E-state index contributed by atoms with van der Waals surface area (Å²) < 4.78 is 27.1. The summed E-state index contributed by atoms with van der Waals surface area (Å²) >= 11 is 0. The molecule has 0 spiro atoms. The van der Waals surface area contributed by atoms with Gasteiger partial charge in [-0.3, -0.25) is 0 Å². The number of hydrogen-bond donors (Lipinski definition) is 1. The van der Waals surface area contributed by atoms with E-state index in [-0.39, 0.29) is 0 Å². The molecule has 1 N–H and O–H groups in total. The van der Waals surface area contributed by atoms with Gasteiger partial charge < -0.3 is 10.2 Å². The lowest BCUT2D eigenvalue weighted by molar-refractivity contribution is 0.206. The second-order valence-corrected chi connectivity index (χ2v) is 4.97. The largest absolute Gasteiger partial charge is 0.322 e. The van der Waals surface area contributed by atoms with Gasteiger partial charge in [0, 0.05) is 13.1 Å². The predicted octanol–water partition coefficient (Wildman–Crippen LogP) is 3.56. The molecule has 0 aromatic heterocycles. The van der Waals surface area contributed by atoms with E-state index in [1.165, 1.54) is 11.6 Å². The lowest BCUT2D eigenvalue weighted by Crippen LogP contribution is -2.39. The number of benzene rings is 2. The Bertz CT molecular complexity index is 667. The van der Waals surface area contributed by atoms with Crippen molar-refractivity contribution >= 4 is 11.7 Å². The lowest BCUT2D eigenvalue weighted by Gasteiger charge is -2.29. The van der Waals surface area contributed by atoms with Crippen LogP contribution in [0.1, 0.15) is 11.1 Å². The number of urea groups is 1. The molecule has 0 radical (unpaired) electrons. The SMILES string of the molecule is O=C(Nc1c(F)cccc1F)N1CCc2ccccc2C1. The average Bonchev–Trinajstić information content (AvgIpc) is 2.50. The number of fused-ring (bicyclic) bond motifs is 1. The molecule has 0 fully saturated rings. The van der Waals surface area contributed by atoms with Crippen molar-refractivity contribution in [1.29, 1.82) is 0 Å². The Morgan fingerprint density at radius 1 is 1.00 bits per heavy atom. The van der Waals surface area contributed by atoms with E-state index >= 15 is 0 Å². The number of carbonyl (C=O) groups excluding carboxylic acids is 1. The molecular weight excluding hydrogens is 274 g/mol. The second kappa shape index (κ2) is 5.52. The molecule has 2 amide bonds. The van der Waals surface area contributed by atoms with Crippen LogP contribution in [0.15, 0.2) is 42.5 Å². The molecule has 0 unspecified atom stereocenters. The van der Waals surface area contributed by atoms with E-state index in [4.69, 9.17) is 0 Å². The molecular formula is C16H14F2N2O. The van der Waals surface area contributed by atoms with Gasteiger partial charge >= 0.3 is 6.03 Å². The highest BCUT2D eigenvalue weighted by atomic mass is 19.1. The van der Waals surface area contributed by atoms with Crippen molar-refractivity contribution in [3.05, 3.63) is 65.2 Å². The maximum Gasteiger partial charge on any atom is 0.322 e. The first kappa shape index (κ1) is 13.5. The van der Waals surface area contributed by atoms with E-state index in [9.17, 15) is 13.6 Å². The zero-order valence-corrected chi connectivity index (χ0v) is 11.3. The summed E-state index contributed by atoms with van der Waals surface area (Å²) in [5.41, 5.74) is 1.87. The Labute approximate surface area is 121 Å². The van der Waals surface area contributed by atoms with Crippen molar-refractivity contribution in [2.75, 3.05) is 11.9 Å². The smallest absolute Gasteiger partial charge is 0.320 e. The topological polar surface area (TPSA) is 32.3 Å². The molecule has 108 valence electrons. The van der Waals surface area contributed by atoms with Gasteiger partial charge in [-0.1, -0.05) is 30.3 Å². The molecule has 1 aliphatic rings. The number of carbonyl (C=O) groups is 1. The Balaban J connectivity index is 1.76. The first-order valence-electron chi connectivity index (χ1n) is 6.72. The lowest BCUT2D eigenvalue weighted by atomic mass is 10.0. The molecule has 3 nitrogen and oxygen atoms in total. The van der Waals surface area contributed by atoms with Crippen molar-refractivity contribution in [2.45, 2.75) is 13.0 Å². The standard InChI is InChI=1S/C16H14F2N2O/c17-13-6-3-7-14(18)15(13)19-16(21)20-9-8-11-4-1-2-5-12(11)10-20/h1-7H,8-10H2,(H,19,21). The van der Waals surface area contributed by atoms with Crippen molar-refractivity contribution in [3.8, 4) is 0 Å². The first-order chi connectivity index (χ1) is 10.1. The number of anilines is 1. The van der Waals surface area contributed by atoms with Gasteiger partial charge in [-0.2, -0.15) is 0 Å². The maximum absolute atomic E-state index is 13.5. The third kappa shape index (κ3) is 2.72. The molecule has 2 aromatic rings. The monoisotopic (exact) mass is 288 g/mol. The van der Waals surface area contributed by atoms with E-state index < -0.39 is 23.4 Å². The van der Waals surface area contributed by atoms with E-state index in [2.05, 4.69) is 5.32 Å². The van der Waals surface area contributed by atoms with E-state index in [0.29, 0.717) is 13.1 Å². The molecule has 2 aromatic carbocycles. The van der Waals surface area contributed by atoms with Crippen LogP contribution >= 0.6 is 0 Å². The fourth-order valence-electron chi connectivity index (χ4n) is 2.47. The van der Waals surface area contributed by atoms with Gasteiger partial charge in [-0.05, 0) is 29.7 Å². The maximum atomic E-state index is 13.5. The van der Waals surface area contributed by atoms with Gasteiger partial charge in [0.25, 0.3) is 0 Å². The summed E-state index contributed by atoms with van der Waals surface area (Å²) in [4.78, 5) is 13.7. The minimum Gasteiger partial charge on any atom is -0.320 e. The van der Waals surface area contributed by atoms with Crippen molar-refractivity contribution < 1.29 is 13.6 Å². The zero-order chi connectivity index (χ0) is 14.8. The number of halogens is 2. The van der Waals surface area contributed by atoms with Gasteiger partial charge in [0.2, 0.25) is 0 Å². The second-order valence-electron chi connectivity index (χ2n) is 4.97. The van der Waals surface area contributed by atoms with Crippen LogP contribution < -0.4 is 5.32 Å². The highest BCUT2D eigenvalue weighted by molar-refractivity contribution is 5.89. The van der Waals surface area contributed by atoms with Crippen molar-refractivity contribution in [1.82, 2.24) is 4.90 Å². The average molecular weight is 288 g/mol. The van der Waals surface area contributed by atoms with Gasteiger partial charge in [0.05, 0.1) is 0 Å². The summed E-state index contributed by atoms with van der Waals surface area (Å²) in [6, 6.07) is 10.9. The van der Waals surface area contributed by atoms with Crippen LogP contribution in [-0.4, -0.2) is 17.5 Å². The molecule has 3 rings (SSSR count). The van der Waals surface area contributed by atoms with Crippen LogP contribution in [0.2, 0.25) is 0 Å². The fourth-order valence-corrected chi connectivity index (χ4v) is 2.47. The number of para-hydroxylation sites is 1. The van der Waals surface area contributed by atoms with Crippen LogP contribution in [-0.2, 0) is 13.0 Å². The molecule has 0 saturated heterocycles. The molecule has 5 heteroatoms. The van der Waals surface area contributed by atoms with Crippen molar-refractivity contribution in [3.63, 3.8) is 0 Å².